The molecule has 0 saturated carbocycles. The predicted octanol–water partition coefficient (Wildman–Crippen LogP) is 2.12. The Labute approximate surface area is 149 Å². The normalized spacial score (nSPS) is 16.5. The number of amides is 1. The minimum absolute atomic E-state index is 0.0886. The minimum atomic E-state index is -0.329. The molecule has 1 aromatic carbocycles. The number of thiophene rings is 1. The summed E-state index contributed by atoms with van der Waals surface area (Å²) in [4.78, 5) is 14.4. The van der Waals surface area contributed by atoms with Gasteiger partial charge in [-0.2, -0.15) is 0 Å². The van der Waals surface area contributed by atoms with Crippen molar-refractivity contribution in [1.29, 1.82) is 0 Å². The molecule has 0 aliphatic carbocycles. The molecule has 2 N–H and O–H groups in total. The summed E-state index contributed by atoms with van der Waals surface area (Å²) in [6.45, 7) is 8.18. The van der Waals surface area contributed by atoms with Crippen molar-refractivity contribution in [1.82, 2.24) is 5.32 Å². The van der Waals surface area contributed by atoms with Crippen LogP contribution in [0.25, 0.3) is 10.1 Å². The molecule has 7 heteroatoms. The average molecular weight is 372 g/mol. The third-order valence-electron chi connectivity index (χ3n) is 4.54. The van der Waals surface area contributed by atoms with E-state index in [2.05, 4.69) is 19.2 Å². The third-order valence-corrected chi connectivity index (χ3v) is 6.20. The first-order chi connectivity index (χ1) is 11.4. The van der Waals surface area contributed by atoms with E-state index in [0.717, 1.165) is 26.3 Å². The molecule has 1 saturated heterocycles. The zero-order valence-electron chi connectivity index (χ0n) is 13.7. The Morgan fingerprint density at radius 1 is 1.42 bits per heavy atom. The molecule has 1 fully saturated rings. The van der Waals surface area contributed by atoms with Crippen LogP contribution in [0, 0.1) is 5.82 Å². The lowest BCUT2D eigenvalue weighted by Gasteiger charge is -2.37. The molecule has 1 aliphatic heterocycles. The number of benzene rings is 1. The quantitative estimate of drug-likeness (QED) is 0.864. The van der Waals surface area contributed by atoms with Crippen molar-refractivity contribution < 1.29 is 18.8 Å². The van der Waals surface area contributed by atoms with Gasteiger partial charge in [0.2, 0.25) is 0 Å². The molecule has 1 aromatic heterocycles. The van der Waals surface area contributed by atoms with Gasteiger partial charge in [-0.3, -0.25) is 4.79 Å². The molecule has 130 valence electrons. The van der Waals surface area contributed by atoms with E-state index >= 15 is 0 Å². The van der Waals surface area contributed by atoms with Crippen LogP contribution >= 0.6 is 22.9 Å². The number of fused-ring (bicyclic) bond motifs is 1. The molecule has 0 bridgehead atoms. The Bertz CT molecular complexity index is 756. The molecule has 0 unspecified atom stereocenters. The number of quaternary nitrogens is 1. The van der Waals surface area contributed by atoms with Crippen LogP contribution in [0.4, 0.5) is 4.39 Å². The number of hydrogen-bond acceptors (Lipinski definition) is 3. The number of ether oxygens (including phenoxy) is 1. The fourth-order valence-electron chi connectivity index (χ4n) is 2.99. The van der Waals surface area contributed by atoms with Crippen LogP contribution in [-0.4, -0.2) is 44.3 Å². The van der Waals surface area contributed by atoms with Gasteiger partial charge in [0.15, 0.2) is 0 Å². The molecule has 0 radical (unpaired) electrons. The molecular formula is C17H21ClFN2O2S+. The van der Waals surface area contributed by atoms with Crippen LogP contribution in [0.3, 0.4) is 0 Å². The highest BCUT2D eigenvalue weighted by Crippen LogP contribution is 2.35. The van der Waals surface area contributed by atoms with E-state index in [1.165, 1.54) is 28.4 Å². The molecule has 2 aromatic rings. The molecular weight excluding hydrogens is 351 g/mol. The van der Waals surface area contributed by atoms with Crippen LogP contribution in [-0.2, 0) is 4.74 Å². The summed E-state index contributed by atoms with van der Waals surface area (Å²) in [5, 5.41) is 4.09. The van der Waals surface area contributed by atoms with Crippen LogP contribution in [0.2, 0.25) is 5.02 Å². The standard InChI is InChI=1S/C17H20ClFN2O2S/c1-17(2,21-5-7-23-8-6-21)10-20-16(22)15-14(18)12-4-3-11(19)9-13(12)24-15/h3-4,9H,5-8,10H2,1-2H3,(H,20,22)/p+1. The van der Waals surface area contributed by atoms with Gasteiger partial charge in [0.25, 0.3) is 5.91 Å². The van der Waals surface area contributed by atoms with Gasteiger partial charge in [-0.15, -0.1) is 11.3 Å². The smallest absolute Gasteiger partial charge is 0.263 e. The van der Waals surface area contributed by atoms with Gasteiger partial charge in [0, 0.05) is 10.1 Å². The third kappa shape index (κ3) is 3.57. The maximum absolute atomic E-state index is 13.3. The SMILES string of the molecule is CC(C)(CNC(=O)c1sc2cc(F)ccc2c1Cl)[NH+]1CCOCC1. The Morgan fingerprint density at radius 3 is 2.83 bits per heavy atom. The van der Waals surface area contributed by atoms with Gasteiger partial charge in [-0.05, 0) is 32.0 Å². The van der Waals surface area contributed by atoms with E-state index in [0.29, 0.717) is 26.5 Å². The number of morpholine rings is 1. The molecule has 1 aliphatic rings. The first-order valence-electron chi connectivity index (χ1n) is 7.97. The lowest BCUT2D eigenvalue weighted by atomic mass is 10.0. The Balaban J connectivity index is 1.72. The molecule has 4 nitrogen and oxygen atoms in total. The Kier molecular flexibility index (Phi) is 5.11. The predicted molar refractivity (Wildman–Crippen MR) is 94.7 cm³/mol. The molecule has 2 heterocycles. The van der Waals surface area contributed by atoms with Crippen molar-refractivity contribution in [2.75, 3.05) is 32.8 Å². The summed E-state index contributed by atoms with van der Waals surface area (Å²) in [6, 6.07) is 4.38. The summed E-state index contributed by atoms with van der Waals surface area (Å²) in [5.41, 5.74) is -0.0886. The second kappa shape index (κ2) is 6.96. The lowest BCUT2D eigenvalue weighted by Crippen LogP contribution is -3.22. The van der Waals surface area contributed by atoms with E-state index in [9.17, 15) is 9.18 Å². The number of carbonyl (C=O) groups excluding carboxylic acids is 1. The second-order valence-electron chi connectivity index (χ2n) is 6.67. The largest absolute Gasteiger partial charge is 0.370 e. The second-order valence-corrected chi connectivity index (χ2v) is 8.10. The molecule has 0 spiro atoms. The highest BCUT2D eigenvalue weighted by molar-refractivity contribution is 7.21. The maximum atomic E-state index is 13.3. The summed E-state index contributed by atoms with van der Waals surface area (Å²) in [6.07, 6.45) is 0. The average Bonchev–Trinajstić information content (AvgIpc) is 2.90. The Morgan fingerprint density at radius 2 is 2.12 bits per heavy atom. The zero-order chi connectivity index (χ0) is 17.3. The van der Waals surface area contributed by atoms with Gasteiger partial charge in [-0.25, -0.2) is 4.39 Å². The van der Waals surface area contributed by atoms with E-state index in [4.69, 9.17) is 16.3 Å². The number of nitrogens with one attached hydrogen (secondary N) is 2. The minimum Gasteiger partial charge on any atom is -0.370 e. The first kappa shape index (κ1) is 17.6. The van der Waals surface area contributed by atoms with Crippen molar-refractivity contribution in [3.8, 4) is 0 Å². The highest BCUT2D eigenvalue weighted by Gasteiger charge is 2.33. The number of carbonyl (C=O) groups is 1. The van der Waals surface area contributed by atoms with Gasteiger partial charge in [-0.1, -0.05) is 11.6 Å². The fraction of sp³-hybridized carbons (Fsp3) is 0.471. The number of rotatable bonds is 4. The van der Waals surface area contributed by atoms with Crippen molar-refractivity contribution in [2.45, 2.75) is 19.4 Å². The van der Waals surface area contributed by atoms with Crippen molar-refractivity contribution in [3.05, 3.63) is 33.9 Å². The first-order valence-corrected chi connectivity index (χ1v) is 9.16. The van der Waals surface area contributed by atoms with Gasteiger partial charge in [0.1, 0.15) is 29.3 Å². The van der Waals surface area contributed by atoms with Gasteiger partial charge >= 0.3 is 0 Å². The summed E-state index contributed by atoms with van der Waals surface area (Å²) < 4.78 is 19.4. The summed E-state index contributed by atoms with van der Waals surface area (Å²) in [7, 11) is 0. The Hall–Kier alpha value is -1.21. The number of halogens is 2. The fourth-order valence-corrected chi connectivity index (χ4v) is 4.44. The molecule has 24 heavy (non-hydrogen) atoms. The van der Waals surface area contributed by atoms with Crippen molar-refractivity contribution in [3.63, 3.8) is 0 Å². The van der Waals surface area contributed by atoms with E-state index in [1.807, 2.05) is 0 Å². The molecule has 0 atom stereocenters. The monoisotopic (exact) mass is 371 g/mol. The van der Waals surface area contributed by atoms with Crippen LogP contribution in [0.5, 0.6) is 0 Å². The summed E-state index contributed by atoms with van der Waals surface area (Å²) >= 11 is 7.53. The van der Waals surface area contributed by atoms with E-state index in [-0.39, 0.29) is 17.3 Å². The molecule has 3 rings (SSSR count). The summed E-state index contributed by atoms with van der Waals surface area (Å²) in [5.74, 6) is -0.535. The molecule has 1 amide bonds. The lowest BCUT2D eigenvalue weighted by molar-refractivity contribution is -0.954. The van der Waals surface area contributed by atoms with E-state index < -0.39 is 0 Å². The van der Waals surface area contributed by atoms with Crippen LogP contribution in [0.1, 0.15) is 23.5 Å². The highest BCUT2D eigenvalue weighted by atomic mass is 35.5. The van der Waals surface area contributed by atoms with E-state index in [1.54, 1.807) is 6.07 Å². The van der Waals surface area contributed by atoms with Crippen LogP contribution < -0.4 is 10.2 Å². The maximum Gasteiger partial charge on any atom is 0.263 e. The zero-order valence-corrected chi connectivity index (χ0v) is 15.3. The van der Waals surface area contributed by atoms with Crippen molar-refractivity contribution in [2.24, 2.45) is 0 Å². The number of hydrogen-bond donors (Lipinski definition) is 2. The topological polar surface area (TPSA) is 42.8 Å². The van der Waals surface area contributed by atoms with Crippen LogP contribution in [0.15, 0.2) is 18.2 Å². The van der Waals surface area contributed by atoms with Gasteiger partial charge < -0.3 is 15.0 Å². The van der Waals surface area contributed by atoms with Gasteiger partial charge in [0.05, 0.1) is 24.8 Å². The van der Waals surface area contributed by atoms with Crippen molar-refractivity contribution >= 4 is 38.9 Å².